The second-order valence-electron chi connectivity index (χ2n) is 7.97. The van der Waals surface area contributed by atoms with Crippen LogP contribution in [-0.2, 0) is 14.2 Å². The Hall–Kier alpha value is -0.160. The minimum Gasteiger partial charge on any atom is -0.394 e. The summed E-state index contributed by atoms with van der Waals surface area (Å²) in [4.78, 5) is 0. The lowest BCUT2D eigenvalue weighted by molar-refractivity contribution is -0.126. The van der Waals surface area contributed by atoms with Gasteiger partial charge in [0.25, 0.3) is 0 Å². The Morgan fingerprint density at radius 1 is 0.870 bits per heavy atom. The van der Waals surface area contributed by atoms with E-state index in [1.54, 1.807) is 0 Å². The Kier molecular flexibility index (Phi) is 11.3. The maximum absolute atomic E-state index is 8.95. The highest BCUT2D eigenvalue weighted by atomic mass is 16.6. The Labute approximate surface area is 143 Å². The van der Waals surface area contributed by atoms with E-state index in [0.717, 1.165) is 0 Å². The van der Waals surface area contributed by atoms with Crippen molar-refractivity contribution in [3.8, 4) is 0 Å². The van der Waals surface area contributed by atoms with Crippen molar-refractivity contribution in [2.24, 2.45) is 11.3 Å². The zero-order valence-electron chi connectivity index (χ0n) is 16.6. The van der Waals surface area contributed by atoms with Crippen LogP contribution in [0.3, 0.4) is 0 Å². The smallest absolute Gasteiger partial charge is 0.0784 e. The number of hydrogen-bond acceptors (Lipinski definition) is 4. The van der Waals surface area contributed by atoms with E-state index in [2.05, 4.69) is 41.5 Å². The van der Waals surface area contributed by atoms with E-state index in [9.17, 15) is 0 Å². The molecule has 0 saturated carbocycles. The van der Waals surface area contributed by atoms with Crippen LogP contribution in [0.2, 0.25) is 0 Å². The number of ether oxygens (including phenoxy) is 3. The molecule has 0 radical (unpaired) electrons. The van der Waals surface area contributed by atoms with Gasteiger partial charge in [0.15, 0.2) is 0 Å². The van der Waals surface area contributed by atoms with Gasteiger partial charge in [0, 0.05) is 0 Å². The molecule has 1 N–H and O–H groups in total. The van der Waals surface area contributed by atoms with Crippen LogP contribution >= 0.6 is 0 Å². The first-order valence-corrected chi connectivity index (χ1v) is 9.11. The third-order valence-corrected chi connectivity index (χ3v) is 3.98. The van der Waals surface area contributed by atoms with Crippen molar-refractivity contribution >= 4 is 0 Å². The van der Waals surface area contributed by atoms with Gasteiger partial charge in [-0.1, -0.05) is 41.0 Å². The molecule has 0 heterocycles. The highest BCUT2D eigenvalue weighted by molar-refractivity contribution is 4.80. The van der Waals surface area contributed by atoms with Crippen molar-refractivity contribution < 1.29 is 19.3 Å². The third kappa shape index (κ3) is 10.3. The van der Waals surface area contributed by atoms with Crippen LogP contribution in [-0.4, -0.2) is 49.3 Å². The predicted molar refractivity (Wildman–Crippen MR) is 95.8 cm³/mol. The molecule has 5 unspecified atom stereocenters. The molecule has 0 spiro atoms. The zero-order valence-corrected chi connectivity index (χ0v) is 16.6. The van der Waals surface area contributed by atoms with Gasteiger partial charge >= 0.3 is 0 Å². The first-order chi connectivity index (χ1) is 10.6. The minimum atomic E-state index is -0.144. The Balaban J connectivity index is 4.29. The first-order valence-electron chi connectivity index (χ1n) is 9.11. The molecule has 0 aliphatic heterocycles. The number of hydrogen-bond donors (Lipinski definition) is 1. The molecule has 0 aromatic heterocycles. The normalized spacial score (nSPS) is 19.2. The van der Waals surface area contributed by atoms with Crippen molar-refractivity contribution in [1.29, 1.82) is 0 Å². The van der Waals surface area contributed by atoms with Gasteiger partial charge in [-0.3, -0.25) is 0 Å². The fourth-order valence-electron chi connectivity index (χ4n) is 2.79. The van der Waals surface area contributed by atoms with Crippen LogP contribution in [0.25, 0.3) is 0 Å². The fourth-order valence-corrected chi connectivity index (χ4v) is 2.79. The summed E-state index contributed by atoms with van der Waals surface area (Å²) in [6.45, 7) is 18.2. The van der Waals surface area contributed by atoms with Crippen LogP contribution in [0, 0.1) is 11.3 Å². The summed E-state index contributed by atoms with van der Waals surface area (Å²) in [6, 6.07) is 0. The lowest BCUT2D eigenvalue weighted by Gasteiger charge is -2.37. The van der Waals surface area contributed by atoms with Gasteiger partial charge < -0.3 is 19.3 Å². The van der Waals surface area contributed by atoms with Crippen LogP contribution < -0.4 is 0 Å². The number of rotatable bonds is 12. The van der Waals surface area contributed by atoms with E-state index in [1.807, 2.05) is 13.8 Å². The lowest BCUT2D eigenvalue weighted by Crippen LogP contribution is -2.39. The van der Waals surface area contributed by atoms with Crippen LogP contribution in [0.1, 0.15) is 68.2 Å². The molecule has 0 amide bonds. The summed E-state index contributed by atoms with van der Waals surface area (Å²) in [7, 11) is 0. The summed E-state index contributed by atoms with van der Waals surface area (Å²) in [6.07, 6.45) is 2.49. The number of aliphatic hydroxyl groups excluding tert-OH is 1. The summed E-state index contributed by atoms with van der Waals surface area (Å²) in [5, 5.41) is 8.95. The maximum atomic E-state index is 8.95. The standard InChI is InChI=1S/C19H40O4/c1-9-10-14(2)18(19(6,7)8)23-17(5)13-22-16(4)12-21-15(3)11-20/h14-18,20H,9-13H2,1-8H3. The van der Waals surface area contributed by atoms with Crippen LogP contribution in [0.5, 0.6) is 0 Å². The van der Waals surface area contributed by atoms with E-state index in [4.69, 9.17) is 19.3 Å². The van der Waals surface area contributed by atoms with E-state index in [0.29, 0.717) is 19.1 Å². The van der Waals surface area contributed by atoms with Crippen molar-refractivity contribution in [3.63, 3.8) is 0 Å². The van der Waals surface area contributed by atoms with Gasteiger partial charge in [-0.25, -0.2) is 0 Å². The highest BCUT2D eigenvalue weighted by Crippen LogP contribution is 2.31. The van der Waals surface area contributed by atoms with E-state index >= 15 is 0 Å². The second-order valence-corrected chi connectivity index (χ2v) is 7.97. The molecule has 4 nitrogen and oxygen atoms in total. The number of aliphatic hydroxyl groups is 1. The molecule has 0 fully saturated rings. The van der Waals surface area contributed by atoms with Gasteiger partial charge in [0.1, 0.15) is 0 Å². The van der Waals surface area contributed by atoms with Gasteiger partial charge in [-0.05, 0) is 38.5 Å². The fraction of sp³-hybridized carbons (Fsp3) is 1.00. The molecule has 4 heteroatoms. The Morgan fingerprint density at radius 3 is 1.87 bits per heavy atom. The van der Waals surface area contributed by atoms with Gasteiger partial charge in [-0.2, -0.15) is 0 Å². The average molecular weight is 333 g/mol. The molecule has 0 bridgehead atoms. The van der Waals surface area contributed by atoms with Crippen molar-refractivity contribution in [3.05, 3.63) is 0 Å². The van der Waals surface area contributed by atoms with Crippen LogP contribution in [0.15, 0.2) is 0 Å². The van der Waals surface area contributed by atoms with Crippen LogP contribution in [0.4, 0.5) is 0 Å². The molecule has 0 rings (SSSR count). The third-order valence-electron chi connectivity index (χ3n) is 3.98. The predicted octanol–water partition coefficient (Wildman–Crippen LogP) is 4.04. The molecule has 0 saturated heterocycles. The molecule has 0 aromatic rings. The van der Waals surface area contributed by atoms with Crippen molar-refractivity contribution in [2.75, 3.05) is 19.8 Å². The Bertz CT molecular complexity index is 288. The van der Waals surface area contributed by atoms with Gasteiger partial charge in [0.05, 0.1) is 44.2 Å². The summed E-state index contributed by atoms with van der Waals surface area (Å²) < 4.78 is 17.6. The summed E-state index contributed by atoms with van der Waals surface area (Å²) >= 11 is 0. The molecular weight excluding hydrogens is 292 g/mol. The Morgan fingerprint density at radius 2 is 1.39 bits per heavy atom. The monoisotopic (exact) mass is 332 g/mol. The highest BCUT2D eigenvalue weighted by Gasteiger charge is 2.31. The first kappa shape index (κ1) is 22.8. The summed E-state index contributed by atoms with van der Waals surface area (Å²) in [5.74, 6) is 0.536. The summed E-state index contributed by atoms with van der Waals surface area (Å²) in [5.41, 5.74) is 0.119. The molecule has 23 heavy (non-hydrogen) atoms. The van der Waals surface area contributed by atoms with Crippen molar-refractivity contribution in [2.45, 2.75) is 92.6 Å². The van der Waals surface area contributed by atoms with Gasteiger partial charge in [-0.15, -0.1) is 0 Å². The largest absolute Gasteiger partial charge is 0.394 e. The molecule has 0 aliphatic carbocycles. The van der Waals surface area contributed by atoms with E-state index in [1.165, 1.54) is 12.8 Å². The maximum Gasteiger partial charge on any atom is 0.0784 e. The molecule has 0 aliphatic rings. The van der Waals surface area contributed by atoms with E-state index < -0.39 is 0 Å². The SMILES string of the molecule is CCCC(C)C(OC(C)COC(C)COC(C)CO)C(C)(C)C. The minimum absolute atomic E-state index is 0.00352. The zero-order chi connectivity index (χ0) is 18.0. The molecule has 0 aromatic carbocycles. The van der Waals surface area contributed by atoms with Gasteiger partial charge in [0.2, 0.25) is 0 Å². The van der Waals surface area contributed by atoms with Crippen molar-refractivity contribution in [1.82, 2.24) is 0 Å². The lowest BCUT2D eigenvalue weighted by atomic mass is 9.80. The second kappa shape index (κ2) is 11.4. The molecular formula is C19H40O4. The topological polar surface area (TPSA) is 47.9 Å². The quantitative estimate of drug-likeness (QED) is 0.586. The average Bonchev–Trinajstić information content (AvgIpc) is 2.46. The van der Waals surface area contributed by atoms with E-state index in [-0.39, 0.29) is 36.4 Å². The molecule has 5 atom stereocenters. The molecule has 140 valence electrons.